The first-order valence-corrected chi connectivity index (χ1v) is 12.1. The van der Waals surface area contributed by atoms with E-state index in [1.54, 1.807) is 4.68 Å². The van der Waals surface area contributed by atoms with Crippen LogP contribution in [0.2, 0.25) is 5.02 Å². The lowest BCUT2D eigenvalue weighted by Crippen LogP contribution is -2.65. The Morgan fingerprint density at radius 3 is 2.67 bits per heavy atom. The maximum absolute atomic E-state index is 13.2. The van der Waals surface area contributed by atoms with Crippen LogP contribution >= 0.6 is 11.6 Å². The van der Waals surface area contributed by atoms with Crippen LogP contribution in [0.5, 0.6) is 0 Å². The van der Waals surface area contributed by atoms with Crippen LogP contribution in [0.15, 0.2) is 18.2 Å². The predicted molar refractivity (Wildman–Crippen MR) is 126 cm³/mol. The van der Waals surface area contributed by atoms with Crippen LogP contribution in [-0.4, -0.2) is 76.4 Å². The fourth-order valence-corrected chi connectivity index (χ4v) is 5.67. The van der Waals surface area contributed by atoms with Crippen LogP contribution in [0, 0.1) is 12.3 Å². The number of hydrogen-bond acceptors (Lipinski definition) is 5. The van der Waals surface area contributed by atoms with E-state index < -0.39 is 0 Å². The zero-order valence-electron chi connectivity index (χ0n) is 19.5. The molecular formula is C24H31ClN6O2. The number of likely N-dealkylation sites (tertiary alicyclic amines) is 1. The van der Waals surface area contributed by atoms with Gasteiger partial charge in [-0.25, -0.2) is 4.68 Å². The molecule has 176 valence electrons. The van der Waals surface area contributed by atoms with E-state index in [0.717, 1.165) is 24.9 Å². The lowest BCUT2D eigenvalue weighted by molar-refractivity contribution is -0.124. The van der Waals surface area contributed by atoms with Crippen molar-refractivity contribution >= 4 is 23.4 Å². The molecule has 33 heavy (non-hydrogen) atoms. The van der Waals surface area contributed by atoms with Crippen molar-refractivity contribution < 1.29 is 9.59 Å². The highest BCUT2D eigenvalue weighted by molar-refractivity contribution is 6.32. The Morgan fingerprint density at radius 2 is 2.00 bits per heavy atom. The summed E-state index contributed by atoms with van der Waals surface area (Å²) >= 11 is 6.55. The molecule has 1 atom stereocenters. The second-order valence-corrected chi connectivity index (χ2v) is 10.6. The van der Waals surface area contributed by atoms with Crippen molar-refractivity contribution in [3.63, 3.8) is 0 Å². The molecule has 0 radical (unpaired) electrons. The smallest absolute Gasteiger partial charge is 0.276 e. The number of amides is 2. The fourth-order valence-electron chi connectivity index (χ4n) is 5.40. The topological polar surface area (TPSA) is 83.4 Å². The Balaban J connectivity index is 1.27. The predicted octanol–water partition coefficient (Wildman–Crippen LogP) is 2.78. The minimum Gasteiger partial charge on any atom is -0.352 e. The Kier molecular flexibility index (Phi) is 5.69. The van der Waals surface area contributed by atoms with Gasteiger partial charge in [-0.3, -0.25) is 9.59 Å². The monoisotopic (exact) mass is 470 g/mol. The van der Waals surface area contributed by atoms with Gasteiger partial charge in [-0.1, -0.05) is 29.3 Å². The number of halogens is 1. The van der Waals surface area contributed by atoms with Gasteiger partial charge in [-0.2, -0.15) is 0 Å². The fraction of sp³-hybridized carbons (Fsp3) is 0.583. The van der Waals surface area contributed by atoms with Gasteiger partial charge in [0.15, 0.2) is 5.69 Å². The van der Waals surface area contributed by atoms with Crippen LogP contribution in [0.25, 0.3) is 5.69 Å². The van der Waals surface area contributed by atoms with E-state index in [9.17, 15) is 9.59 Å². The van der Waals surface area contributed by atoms with Crippen molar-refractivity contribution in [3.05, 3.63) is 40.2 Å². The number of carbonyl (C=O) groups excluding carboxylic acids is 2. The van der Waals surface area contributed by atoms with E-state index in [2.05, 4.69) is 21.7 Å². The molecule has 1 aromatic carbocycles. The third-order valence-electron chi connectivity index (χ3n) is 7.35. The standard InChI is InChI=1S/C24H31ClN6O2/c1-15-22(27-28-31(15)19-9-8-17(11-18(19)25)16-6-7-16)23(33)30-13-24(14-30)10-4-5-20(24)26-21(32)12-29(2)3/h8-9,11,16,20H,4-7,10,12-14H2,1-3H3,(H,26,32). The number of carbonyl (C=O) groups is 2. The first-order chi connectivity index (χ1) is 15.8. The van der Waals surface area contributed by atoms with Crippen LogP contribution in [-0.2, 0) is 4.79 Å². The molecular weight excluding hydrogens is 440 g/mol. The first-order valence-electron chi connectivity index (χ1n) is 11.7. The molecule has 0 bridgehead atoms. The van der Waals surface area contributed by atoms with Crippen molar-refractivity contribution in [1.82, 2.24) is 30.1 Å². The minimum atomic E-state index is -0.111. The Hall–Kier alpha value is -2.45. The van der Waals surface area contributed by atoms with E-state index in [1.165, 1.54) is 18.4 Å². The SMILES string of the molecule is Cc1c(C(=O)N2CC3(CCCC3NC(=O)CN(C)C)C2)nnn1-c1ccc(C2CC2)cc1Cl. The lowest BCUT2D eigenvalue weighted by atomic mass is 9.74. The second-order valence-electron chi connectivity index (χ2n) is 10.2. The molecule has 2 amide bonds. The van der Waals surface area contributed by atoms with Crippen molar-refractivity contribution in [2.75, 3.05) is 33.7 Å². The zero-order chi connectivity index (χ0) is 23.3. The molecule has 1 unspecified atom stereocenters. The average Bonchev–Trinajstić information content (AvgIpc) is 3.39. The van der Waals surface area contributed by atoms with Gasteiger partial charge in [0.05, 0.1) is 22.9 Å². The molecule has 1 N–H and O–H groups in total. The molecule has 8 nitrogen and oxygen atoms in total. The number of aromatic nitrogens is 3. The second kappa shape index (κ2) is 8.40. The first kappa shape index (κ1) is 22.3. The largest absolute Gasteiger partial charge is 0.352 e. The van der Waals surface area contributed by atoms with Gasteiger partial charge < -0.3 is 15.1 Å². The number of likely N-dealkylation sites (N-methyl/N-ethyl adjacent to an activating group) is 1. The number of rotatable bonds is 6. The molecule has 2 aromatic rings. The molecule has 2 heterocycles. The highest BCUT2D eigenvalue weighted by Crippen LogP contribution is 2.46. The summed E-state index contributed by atoms with van der Waals surface area (Å²) in [6.45, 7) is 3.51. The van der Waals surface area contributed by atoms with Crippen molar-refractivity contribution in [2.24, 2.45) is 5.41 Å². The van der Waals surface area contributed by atoms with Gasteiger partial charge in [0.25, 0.3) is 5.91 Å². The summed E-state index contributed by atoms with van der Waals surface area (Å²) < 4.78 is 1.65. The molecule has 1 saturated heterocycles. The summed E-state index contributed by atoms with van der Waals surface area (Å²) in [6, 6.07) is 6.17. The van der Waals surface area contributed by atoms with Crippen molar-refractivity contribution in [3.8, 4) is 5.69 Å². The van der Waals surface area contributed by atoms with E-state index in [1.807, 2.05) is 43.0 Å². The Bertz CT molecular complexity index is 1090. The van der Waals surface area contributed by atoms with E-state index in [-0.39, 0.29) is 23.3 Å². The molecule has 3 fully saturated rings. The third kappa shape index (κ3) is 4.15. The lowest BCUT2D eigenvalue weighted by Gasteiger charge is -2.51. The number of nitrogens with one attached hydrogen (secondary N) is 1. The van der Waals surface area contributed by atoms with Crippen LogP contribution in [0.3, 0.4) is 0 Å². The molecule has 1 spiro atoms. The summed E-state index contributed by atoms with van der Waals surface area (Å²) in [5, 5.41) is 12.3. The molecule has 3 aliphatic rings. The van der Waals surface area contributed by atoms with Gasteiger partial charge >= 0.3 is 0 Å². The van der Waals surface area contributed by atoms with Gasteiger partial charge in [0, 0.05) is 24.5 Å². The van der Waals surface area contributed by atoms with Gasteiger partial charge in [-0.05, 0) is 70.3 Å². The maximum Gasteiger partial charge on any atom is 0.276 e. The van der Waals surface area contributed by atoms with Crippen LogP contribution in [0.1, 0.15) is 59.8 Å². The highest BCUT2D eigenvalue weighted by Gasteiger charge is 2.53. The third-order valence-corrected chi connectivity index (χ3v) is 7.65. The number of hydrogen-bond donors (Lipinski definition) is 1. The average molecular weight is 471 g/mol. The normalized spacial score (nSPS) is 21.5. The molecule has 2 aliphatic carbocycles. The number of nitrogens with zero attached hydrogens (tertiary/aromatic N) is 5. The Morgan fingerprint density at radius 1 is 1.24 bits per heavy atom. The van der Waals surface area contributed by atoms with Gasteiger partial charge in [0.2, 0.25) is 5.91 Å². The quantitative estimate of drug-likeness (QED) is 0.701. The Labute approximate surface area is 199 Å². The molecule has 1 aromatic heterocycles. The minimum absolute atomic E-state index is 0.0243. The molecule has 1 aliphatic heterocycles. The van der Waals surface area contributed by atoms with E-state index in [0.29, 0.717) is 42.0 Å². The van der Waals surface area contributed by atoms with E-state index in [4.69, 9.17) is 11.6 Å². The highest BCUT2D eigenvalue weighted by atomic mass is 35.5. The summed E-state index contributed by atoms with van der Waals surface area (Å²) in [4.78, 5) is 29.2. The van der Waals surface area contributed by atoms with Crippen molar-refractivity contribution in [2.45, 2.75) is 51.0 Å². The molecule has 9 heteroatoms. The summed E-state index contributed by atoms with van der Waals surface area (Å²) in [6.07, 6.45) is 5.49. The molecule has 2 saturated carbocycles. The van der Waals surface area contributed by atoms with Gasteiger partial charge in [0.1, 0.15) is 0 Å². The zero-order valence-corrected chi connectivity index (χ0v) is 20.2. The van der Waals surface area contributed by atoms with Crippen LogP contribution < -0.4 is 5.32 Å². The summed E-state index contributed by atoms with van der Waals surface area (Å²) in [5.74, 6) is 0.552. The summed E-state index contributed by atoms with van der Waals surface area (Å²) in [7, 11) is 3.77. The maximum atomic E-state index is 13.2. The number of benzene rings is 1. The van der Waals surface area contributed by atoms with E-state index >= 15 is 0 Å². The van der Waals surface area contributed by atoms with Crippen LogP contribution in [0.4, 0.5) is 0 Å². The molecule has 5 rings (SSSR count). The van der Waals surface area contributed by atoms with Gasteiger partial charge in [-0.15, -0.1) is 5.10 Å². The summed E-state index contributed by atoms with van der Waals surface area (Å²) in [5.41, 5.74) is 3.02. The van der Waals surface area contributed by atoms with Crippen molar-refractivity contribution in [1.29, 1.82) is 0 Å².